The Kier molecular flexibility index (Phi) is 18.7. The van der Waals surface area contributed by atoms with Crippen LogP contribution in [0.25, 0.3) is 22.6 Å². The van der Waals surface area contributed by atoms with Gasteiger partial charge in [-0.25, -0.2) is 9.48 Å². The first-order chi connectivity index (χ1) is 28.9. The van der Waals surface area contributed by atoms with Gasteiger partial charge >= 0.3 is 12.2 Å². The zero-order valence-corrected chi connectivity index (χ0v) is 33.4. The van der Waals surface area contributed by atoms with Gasteiger partial charge in [0.05, 0.1) is 87.6 Å². The molecule has 4 N–H and O–H groups in total. The summed E-state index contributed by atoms with van der Waals surface area (Å²) in [6, 6.07) is 15.7. The first-order valence-corrected chi connectivity index (χ1v) is 19.2. The van der Waals surface area contributed by atoms with Crippen LogP contribution < -0.4 is 26.8 Å². The third-order valence-corrected chi connectivity index (χ3v) is 8.73. The number of carbonyl (C=O) groups excluding carboxylic acids is 3. The monoisotopic (exact) mass is 838 g/mol. The predicted molar refractivity (Wildman–Crippen MR) is 214 cm³/mol. The minimum atomic E-state index is -4.67. The highest BCUT2D eigenvalue weighted by Gasteiger charge is 2.31. The van der Waals surface area contributed by atoms with E-state index < -0.39 is 23.2 Å². The lowest BCUT2D eigenvalue weighted by molar-refractivity contribution is -0.137. The molecule has 4 rings (SSSR count). The van der Waals surface area contributed by atoms with Gasteiger partial charge in [0.15, 0.2) is 0 Å². The third kappa shape index (κ3) is 14.6. The maximum Gasteiger partial charge on any atom is 0.416 e. The summed E-state index contributed by atoms with van der Waals surface area (Å²) in [7, 11) is 0. The topological polar surface area (TPSA) is 200 Å². The van der Waals surface area contributed by atoms with Gasteiger partial charge in [-0.1, -0.05) is 6.07 Å². The number of ether oxygens (including phenoxy) is 4. The molecule has 0 aliphatic rings. The minimum Gasteiger partial charge on any atom is -0.377 e. The number of carbonyl (C=O) groups is 3. The number of benzene rings is 2. The fourth-order valence-corrected chi connectivity index (χ4v) is 5.76. The summed E-state index contributed by atoms with van der Waals surface area (Å²) in [6.45, 7) is 6.68. The summed E-state index contributed by atoms with van der Waals surface area (Å²) in [5, 5.41) is 24.4. The summed E-state index contributed by atoms with van der Waals surface area (Å²) in [6.07, 6.45) is -1.64. The average molecular weight is 839 g/mol. The smallest absolute Gasteiger partial charge is 0.377 e. The van der Waals surface area contributed by atoms with Gasteiger partial charge in [-0.3, -0.25) is 19.0 Å². The first kappa shape index (κ1) is 46.6. The van der Waals surface area contributed by atoms with E-state index in [2.05, 4.69) is 26.4 Å². The molecular weight excluding hydrogens is 789 g/mol. The predicted octanol–water partition coefficient (Wildman–Crippen LogP) is 3.90. The fourth-order valence-electron chi connectivity index (χ4n) is 5.76. The molecule has 2 heterocycles. The van der Waals surface area contributed by atoms with E-state index in [0.717, 1.165) is 29.5 Å². The first-order valence-electron chi connectivity index (χ1n) is 19.2. The van der Waals surface area contributed by atoms with Crippen LogP contribution in [0.1, 0.15) is 46.9 Å². The van der Waals surface area contributed by atoms with Crippen molar-refractivity contribution in [2.45, 2.75) is 32.9 Å². The van der Waals surface area contributed by atoms with Crippen LogP contribution in [0.4, 0.5) is 18.0 Å². The Morgan fingerprint density at radius 3 is 1.93 bits per heavy atom. The number of hydrogen-bond donors (Lipinski definition) is 4. The van der Waals surface area contributed by atoms with Crippen molar-refractivity contribution in [3.8, 4) is 28.7 Å². The SMILES string of the molecule is CC(=O)NCCCCNC(=O)NCCOCCOCCOCCOCCNC(=O)c1cc(-c2ccnn2-c2ccc(C#N)cc2)c(C)n(-c2cccc(C(F)(F)F)c2)c1=O. The van der Waals surface area contributed by atoms with Crippen LogP contribution in [0.2, 0.25) is 0 Å². The van der Waals surface area contributed by atoms with Gasteiger partial charge in [0.25, 0.3) is 11.5 Å². The normalized spacial score (nSPS) is 11.2. The highest BCUT2D eigenvalue weighted by atomic mass is 19.4. The van der Waals surface area contributed by atoms with Gasteiger partial charge in [-0.15, -0.1) is 0 Å². The molecule has 2 aromatic carbocycles. The van der Waals surface area contributed by atoms with Crippen molar-refractivity contribution in [2.24, 2.45) is 0 Å². The molecule has 0 bridgehead atoms. The molecule has 0 unspecified atom stereocenters. The number of amides is 4. The van der Waals surface area contributed by atoms with Gasteiger partial charge in [0, 0.05) is 50.0 Å². The van der Waals surface area contributed by atoms with E-state index in [-0.39, 0.29) is 55.2 Å². The van der Waals surface area contributed by atoms with Gasteiger partial charge in [0.1, 0.15) is 5.56 Å². The number of nitrogens with one attached hydrogen (secondary N) is 4. The number of aromatic nitrogens is 3. The summed E-state index contributed by atoms with van der Waals surface area (Å²) < 4.78 is 65.7. The number of nitrogens with zero attached hydrogens (tertiary/aromatic N) is 4. The number of nitriles is 1. The lowest BCUT2D eigenvalue weighted by Gasteiger charge is -2.19. The van der Waals surface area contributed by atoms with Gasteiger partial charge < -0.3 is 40.2 Å². The number of hydrogen-bond acceptors (Lipinski definition) is 10. The van der Waals surface area contributed by atoms with E-state index in [1.165, 1.54) is 36.0 Å². The Morgan fingerprint density at radius 1 is 0.750 bits per heavy atom. The molecule has 0 aliphatic carbocycles. The number of urea groups is 1. The molecule has 0 saturated heterocycles. The van der Waals surface area contributed by atoms with E-state index in [9.17, 15) is 37.6 Å². The Hall–Kier alpha value is -6.07. The van der Waals surface area contributed by atoms with Crippen LogP contribution in [0, 0.1) is 18.3 Å². The molecule has 19 heteroatoms. The Morgan fingerprint density at radius 2 is 1.33 bits per heavy atom. The number of halogens is 3. The molecule has 322 valence electrons. The second-order valence-electron chi connectivity index (χ2n) is 13.1. The quantitative estimate of drug-likeness (QED) is 0.0751. The zero-order valence-electron chi connectivity index (χ0n) is 33.4. The Balaban J connectivity index is 1.20. The number of rotatable bonds is 24. The van der Waals surface area contributed by atoms with E-state index >= 15 is 0 Å². The van der Waals surface area contributed by atoms with E-state index in [1.807, 2.05) is 6.07 Å². The average Bonchev–Trinajstić information content (AvgIpc) is 3.71. The number of unbranched alkanes of at least 4 members (excludes halogenated alkanes) is 1. The van der Waals surface area contributed by atoms with Crippen molar-refractivity contribution in [2.75, 3.05) is 79.0 Å². The highest BCUT2D eigenvalue weighted by molar-refractivity contribution is 5.95. The summed E-state index contributed by atoms with van der Waals surface area (Å²) >= 11 is 0. The molecule has 4 aromatic rings. The summed E-state index contributed by atoms with van der Waals surface area (Å²) in [5.74, 6) is -0.831. The zero-order chi connectivity index (χ0) is 43.3. The van der Waals surface area contributed by atoms with Gasteiger partial charge in [-0.05, 0) is 74.4 Å². The largest absolute Gasteiger partial charge is 0.416 e. The molecule has 4 amide bonds. The van der Waals surface area contributed by atoms with Crippen molar-refractivity contribution in [3.05, 3.63) is 99.6 Å². The molecule has 60 heavy (non-hydrogen) atoms. The minimum absolute atomic E-state index is 0.0264. The summed E-state index contributed by atoms with van der Waals surface area (Å²) in [4.78, 5) is 49.9. The fraction of sp³-hybridized carbons (Fsp3) is 0.415. The van der Waals surface area contributed by atoms with Crippen LogP contribution in [0.3, 0.4) is 0 Å². The third-order valence-electron chi connectivity index (χ3n) is 8.73. The van der Waals surface area contributed by atoms with Crippen molar-refractivity contribution in [1.82, 2.24) is 35.6 Å². The Bertz CT molecular complexity index is 2120. The molecule has 0 saturated carbocycles. The van der Waals surface area contributed by atoms with Crippen molar-refractivity contribution < 1.29 is 46.5 Å². The van der Waals surface area contributed by atoms with Crippen molar-refractivity contribution in [3.63, 3.8) is 0 Å². The molecule has 0 fully saturated rings. The summed E-state index contributed by atoms with van der Waals surface area (Å²) in [5.41, 5.74) is -0.0830. The van der Waals surface area contributed by atoms with Crippen LogP contribution in [-0.2, 0) is 29.9 Å². The van der Waals surface area contributed by atoms with Gasteiger partial charge in [0.2, 0.25) is 5.91 Å². The molecule has 0 aliphatic heterocycles. The lowest BCUT2D eigenvalue weighted by atomic mass is 10.0. The van der Waals surface area contributed by atoms with Crippen LogP contribution in [0.5, 0.6) is 0 Å². The lowest BCUT2D eigenvalue weighted by Crippen LogP contribution is -2.38. The second-order valence-corrected chi connectivity index (χ2v) is 13.1. The Labute approximate surface area is 344 Å². The number of pyridine rings is 1. The number of alkyl halides is 3. The van der Waals surface area contributed by atoms with Crippen LogP contribution in [0.15, 0.2) is 71.7 Å². The van der Waals surface area contributed by atoms with E-state index in [0.29, 0.717) is 75.2 Å². The molecule has 0 spiro atoms. The maximum absolute atomic E-state index is 13.9. The van der Waals surface area contributed by atoms with Crippen LogP contribution >= 0.6 is 0 Å². The van der Waals surface area contributed by atoms with Crippen LogP contribution in [-0.4, -0.2) is 111 Å². The molecular formula is C41H49F3N8O8. The van der Waals surface area contributed by atoms with E-state index in [4.69, 9.17) is 18.9 Å². The second kappa shape index (κ2) is 24.1. The molecule has 16 nitrogen and oxygen atoms in total. The molecule has 2 aromatic heterocycles. The molecule has 0 atom stereocenters. The van der Waals surface area contributed by atoms with E-state index in [1.54, 1.807) is 37.3 Å². The molecule has 0 radical (unpaired) electrons. The highest BCUT2D eigenvalue weighted by Crippen LogP contribution is 2.32. The van der Waals surface area contributed by atoms with Crippen molar-refractivity contribution in [1.29, 1.82) is 5.26 Å². The van der Waals surface area contributed by atoms with Gasteiger partial charge in [-0.2, -0.15) is 23.5 Å². The maximum atomic E-state index is 13.9. The van der Waals surface area contributed by atoms with Crippen molar-refractivity contribution >= 4 is 17.8 Å². The standard InChI is InChI=1S/C41H49F3N8O8/c1-29-35(37-12-15-50-52(37)33-10-8-31(28-45)9-11-33)27-36(39(55)51(29)34-7-5-6-32(26-34)41(42,43)44)38(54)47-16-18-57-20-22-59-24-25-60-23-21-58-19-17-49-40(56)48-14-4-3-13-46-30(2)53/h5-12,15,26-27H,3-4,13-14,16-25H2,1-2H3,(H,46,53)(H,47,54)(H2,48,49,56).